The topological polar surface area (TPSA) is 51.0 Å². The first-order chi connectivity index (χ1) is 9.13. The summed E-state index contributed by atoms with van der Waals surface area (Å²) in [7, 11) is 0. The molecule has 1 fully saturated rings. The first kappa shape index (κ1) is 12.1. The van der Waals surface area contributed by atoms with Gasteiger partial charge in [0.25, 0.3) is 0 Å². The normalized spacial score (nSPS) is 21.7. The molecule has 1 aromatic heterocycles. The van der Waals surface area contributed by atoms with Gasteiger partial charge >= 0.3 is 6.01 Å². The number of rotatable bonds is 4. The molecular weight excluding hydrogens is 245 g/mol. The van der Waals surface area contributed by atoms with E-state index in [-0.39, 0.29) is 17.8 Å². The molecule has 1 N–H and O–H groups in total. The van der Waals surface area contributed by atoms with Gasteiger partial charge in [-0.25, -0.2) is 4.39 Å². The van der Waals surface area contributed by atoms with Gasteiger partial charge < -0.3 is 9.84 Å². The molecule has 3 rings (SSSR count). The van der Waals surface area contributed by atoms with Crippen LogP contribution in [0, 0.1) is 5.82 Å². The monoisotopic (exact) mass is 261 g/mol. The molecule has 0 bridgehead atoms. The predicted octanol–water partition coefficient (Wildman–Crippen LogP) is 3.30. The number of hydrogen-bond donors (Lipinski definition) is 1. The second-order valence-electron chi connectivity index (χ2n) is 5.26. The number of nitrogens with one attached hydrogen (secondary N) is 1. The lowest BCUT2D eigenvalue weighted by atomic mass is 10.1. The van der Waals surface area contributed by atoms with Crippen molar-refractivity contribution in [3.63, 3.8) is 0 Å². The van der Waals surface area contributed by atoms with E-state index in [0.717, 1.165) is 12.0 Å². The minimum Gasteiger partial charge on any atom is -0.334 e. The Labute approximate surface area is 111 Å². The van der Waals surface area contributed by atoms with Gasteiger partial charge in [0.2, 0.25) is 0 Å². The van der Waals surface area contributed by atoms with Crippen molar-refractivity contribution < 1.29 is 8.91 Å². The zero-order valence-corrected chi connectivity index (χ0v) is 10.9. The highest BCUT2D eigenvalue weighted by molar-refractivity contribution is 5.35. The Bertz CT molecular complexity index is 582. The maximum absolute atomic E-state index is 13.1. The number of benzene rings is 1. The molecule has 5 heteroatoms. The van der Waals surface area contributed by atoms with Crippen LogP contribution in [-0.4, -0.2) is 16.2 Å². The Hall–Kier alpha value is -1.91. The Morgan fingerprint density at radius 2 is 2.26 bits per heavy atom. The molecule has 4 nitrogen and oxygen atoms in total. The van der Waals surface area contributed by atoms with E-state index in [9.17, 15) is 4.39 Å². The van der Waals surface area contributed by atoms with Crippen molar-refractivity contribution in [2.24, 2.45) is 0 Å². The van der Waals surface area contributed by atoms with Crippen molar-refractivity contribution in [1.29, 1.82) is 0 Å². The highest BCUT2D eigenvalue weighted by Crippen LogP contribution is 2.42. The number of nitrogens with zero attached hydrogens (tertiary/aromatic N) is 2. The van der Waals surface area contributed by atoms with Crippen LogP contribution in [0.4, 0.5) is 10.4 Å². The van der Waals surface area contributed by atoms with Gasteiger partial charge in [0, 0.05) is 17.9 Å². The number of anilines is 1. The van der Waals surface area contributed by atoms with Crippen LogP contribution in [0.25, 0.3) is 0 Å². The fourth-order valence-corrected chi connectivity index (χ4v) is 2.15. The summed E-state index contributed by atoms with van der Waals surface area (Å²) in [6.45, 7) is 4.03. The second kappa shape index (κ2) is 4.64. The van der Waals surface area contributed by atoms with Gasteiger partial charge in [0.1, 0.15) is 5.82 Å². The van der Waals surface area contributed by atoms with Crippen molar-refractivity contribution in [2.75, 3.05) is 5.32 Å². The summed E-state index contributed by atoms with van der Waals surface area (Å²) in [5.74, 6) is 1.08. The van der Waals surface area contributed by atoms with Gasteiger partial charge in [-0.15, -0.1) is 0 Å². The molecule has 1 aliphatic rings. The molecule has 19 heavy (non-hydrogen) atoms. The largest absolute Gasteiger partial charge is 0.334 e. The zero-order valence-electron chi connectivity index (χ0n) is 10.9. The molecule has 0 saturated heterocycles. The SMILES string of the molecule is CC(C)c1noc(N[C@@H]2C[C@H]2c2cccc(F)c2)n1. The maximum Gasteiger partial charge on any atom is 0.321 e. The van der Waals surface area contributed by atoms with Crippen molar-refractivity contribution >= 4 is 6.01 Å². The van der Waals surface area contributed by atoms with Crippen molar-refractivity contribution in [3.8, 4) is 0 Å². The fourth-order valence-electron chi connectivity index (χ4n) is 2.15. The highest BCUT2D eigenvalue weighted by Gasteiger charge is 2.39. The first-order valence-corrected chi connectivity index (χ1v) is 6.49. The van der Waals surface area contributed by atoms with Crippen molar-refractivity contribution in [2.45, 2.75) is 38.1 Å². The molecule has 100 valence electrons. The van der Waals surface area contributed by atoms with E-state index < -0.39 is 0 Å². The Morgan fingerprint density at radius 3 is 2.95 bits per heavy atom. The van der Waals surface area contributed by atoms with Gasteiger partial charge in [0.05, 0.1) is 0 Å². The van der Waals surface area contributed by atoms with E-state index in [2.05, 4.69) is 15.5 Å². The summed E-state index contributed by atoms with van der Waals surface area (Å²) in [5.41, 5.74) is 1.01. The highest BCUT2D eigenvalue weighted by atomic mass is 19.1. The lowest BCUT2D eigenvalue weighted by Gasteiger charge is -2.01. The summed E-state index contributed by atoms with van der Waals surface area (Å²) < 4.78 is 18.3. The smallest absolute Gasteiger partial charge is 0.321 e. The van der Waals surface area contributed by atoms with Crippen LogP contribution in [0.15, 0.2) is 28.8 Å². The third-order valence-electron chi connectivity index (χ3n) is 3.33. The van der Waals surface area contributed by atoms with Crippen LogP contribution in [0.2, 0.25) is 0 Å². The summed E-state index contributed by atoms with van der Waals surface area (Å²) in [5, 5.41) is 7.10. The van der Waals surface area contributed by atoms with Crippen molar-refractivity contribution in [1.82, 2.24) is 10.1 Å². The van der Waals surface area contributed by atoms with E-state index in [4.69, 9.17) is 4.52 Å². The van der Waals surface area contributed by atoms with Gasteiger partial charge in [-0.1, -0.05) is 31.1 Å². The molecule has 2 aromatic rings. The van der Waals surface area contributed by atoms with Gasteiger partial charge in [-0.05, 0) is 24.1 Å². The second-order valence-corrected chi connectivity index (χ2v) is 5.26. The van der Waals surface area contributed by atoms with Crippen LogP contribution in [0.1, 0.15) is 43.5 Å². The summed E-state index contributed by atoms with van der Waals surface area (Å²) in [6, 6.07) is 7.43. The molecule has 1 aliphatic carbocycles. The zero-order chi connectivity index (χ0) is 13.4. The van der Waals surface area contributed by atoms with E-state index in [1.807, 2.05) is 19.9 Å². The average molecular weight is 261 g/mol. The van der Waals surface area contributed by atoms with Crippen LogP contribution in [-0.2, 0) is 0 Å². The lowest BCUT2D eigenvalue weighted by molar-refractivity contribution is 0.419. The maximum atomic E-state index is 13.1. The number of aromatic nitrogens is 2. The Balaban J connectivity index is 1.64. The molecular formula is C14H16FN3O. The quantitative estimate of drug-likeness (QED) is 0.917. The van der Waals surface area contributed by atoms with E-state index in [1.54, 1.807) is 12.1 Å². The molecule has 2 atom stereocenters. The number of hydrogen-bond acceptors (Lipinski definition) is 4. The van der Waals surface area contributed by atoms with Gasteiger partial charge in [-0.2, -0.15) is 4.98 Å². The molecule has 1 heterocycles. The lowest BCUT2D eigenvalue weighted by Crippen LogP contribution is -2.04. The molecule has 1 aromatic carbocycles. The molecule has 0 spiro atoms. The molecule has 1 saturated carbocycles. The minimum atomic E-state index is -0.192. The summed E-state index contributed by atoms with van der Waals surface area (Å²) in [6.07, 6.45) is 0.961. The predicted molar refractivity (Wildman–Crippen MR) is 69.6 cm³/mol. The molecule has 0 unspecified atom stereocenters. The summed E-state index contributed by atoms with van der Waals surface area (Å²) >= 11 is 0. The number of halogens is 1. The average Bonchev–Trinajstić information content (AvgIpc) is 2.96. The van der Waals surface area contributed by atoms with E-state index >= 15 is 0 Å². The third kappa shape index (κ3) is 2.59. The van der Waals surface area contributed by atoms with Crippen LogP contribution in [0.3, 0.4) is 0 Å². The molecule has 0 amide bonds. The van der Waals surface area contributed by atoms with Gasteiger partial charge in [0.15, 0.2) is 5.82 Å². The van der Waals surface area contributed by atoms with Crippen molar-refractivity contribution in [3.05, 3.63) is 41.5 Å². The van der Waals surface area contributed by atoms with E-state index in [1.165, 1.54) is 6.07 Å². The molecule has 0 aliphatic heterocycles. The van der Waals surface area contributed by atoms with Crippen LogP contribution >= 0.6 is 0 Å². The standard InChI is InChI=1S/C14H16FN3O/c1-8(2)13-17-14(19-18-13)16-12-7-11(12)9-4-3-5-10(15)6-9/h3-6,8,11-12H,7H2,1-2H3,(H,16,17,18)/t11-,12+/m0/s1. The summed E-state index contributed by atoms with van der Waals surface area (Å²) in [4.78, 5) is 4.27. The van der Waals surface area contributed by atoms with Crippen LogP contribution in [0.5, 0.6) is 0 Å². The minimum absolute atomic E-state index is 0.192. The Morgan fingerprint density at radius 1 is 1.42 bits per heavy atom. The first-order valence-electron chi connectivity index (χ1n) is 6.49. The fraction of sp³-hybridized carbons (Fsp3) is 0.429. The Kier molecular flexibility index (Phi) is 2.97. The molecule has 0 radical (unpaired) electrons. The van der Waals surface area contributed by atoms with Crippen LogP contribution < -0.4 is 5.32 Å². The van der Waals surface area contributed by atoms with Gasteiger partial charge in [-0.3, -0.25) is 0 Å². The third-order valence-corrected chi connectivity index (χ3v) is 3.33. The van der Waals surface area contributed by atoms with E-state index in [0.29, 0.717) is 17.8 Å².